The van der Waals surface area contributed by atoms with E-state index in [1.807, 2.05) is 43.0 Å². The standard InChI is InChI=1S/C22H27N2O2S/c1-4-26-19-10-8-18(9-11-19)22(25)15-23(21-24(22)12-5-13-27-21)20-14-16(2)6-7-17(20)3/h6-11,14,25H,4-5,12-13,15H2,1-3H3/q+1/t22-/m0/s1. The van der Waals surface area contributed by atoms with Gasteiger partial charge in [-0.15, -0.1) is 0 Å². The van der Waals surface area contributed by atoms with Gasteiger partial charge in [0.05, 0.1) is 13.2 Å². The van der Waals surface area contributed by atoms with E-state index in [0.717, 1.165) is 35.2 Å². The van der Waals surface area contributed by atoms with Crippen molar-refractivity contribution in [3.63, 3.8) is 0 Å². The maximum atomic E-state index is 11.8. The number of benzene rings is 2. The Balaban J connectivity index is 1.76. The average molecular weight is 384 g/mol. The molecule has 2 aromatic carbocycles. The summed E-state index contributed by atoms with van der Waals surface area (Å²) in [6, 6.07) is 14.4. The van der Waals surface area contributed by atoms with Crippen molar-refractivity contribution in [3.8, 4) is 5.75 Å². The summed E-state index contributed by atoms with van der Waals surface area (Å²) in [4.78, 5) is 2.29. The van der Waals surface area contributed by atoms with Crippen LogP contribution in [0.3, 0.4) is 0 Å². The SMILES string of the molecule is CCOc1ccc([C@@]2(O)CN(c3cc(C)ccc3C)C3=[N+]2CCCS3)cc1. The van der Waals surface area contributed by atoms with Crippen molar-refractivity contribution in [1.29, 1.82) is 0 Å². The van der Waals surface area contributed by atoms with Crippen molar-refractivity contribution in [2.45, 2.75) is 32.9 Å². The summed E-state index contributed by atoms with van der Waals surface area (Å²) in [6.07, 6.45) is 1.08. The molecule has 0 spiro atoms. The average Bonchev–Trinajstić information content (AvgIpc) is 2.99. The van der Waals surface area contributed by atoms with Crippen molar-refractivity contribution in [3.05, 3.63) is 59.2 Å². The van der Waals surface area contributed by atoms with E-state index in [2.05, 4.69) is 41.5 Å². The van der Waals surface area contributed by atoms with E-state index >= 15 is 0 Å². The fraction of sp³-hybridized carbons (Fsp3) is 0.409. The van der Waals surface area contributed by atoms with Crippen LogP contribution < -0.4 is 9.64 Å². The number of hydrogen-bond donors (Lipinski definition) is 1. The van der Waals surface area contributed by atoms with Crippen molar-refractivity contribution >= 4 is 22.6 Å². The maximum Gasteiger partial charge on any atom is 0.316 e. The summed E-state index contributed by atoms with van der Waals surface area (Å²) in [5, 5.41) is 12.9. The van der Waals surface area contributed by atoms with Crippen LogP contribution in [0.1, 0.15) is 30.0 Å². The second kappa shape index (κ2) is 7.21. The van der Waals surface area contributed by atoms with Crippen molar-refractivity contribution in [2.75, 3.05) is 30.3 Å². The molecule has 0 saturated carbocycles. The van der Waals surface area contributed by atoms with Crippen molar-refractivity contribution < 1.29 is 14.4 Å². The molecule has 0 amide bonds. The largest absolute Gasteiger partial charge is 0.494 e. The minimum atomic E-state index is -1.02. The zero-order chi connectivity index (χ0) is 19.0. The monoisotopic (exact) mass is 383 g/mol. The Morgan fingerprint density at radius 3 is 2.70 bits per heavy atom. The van der Waals surface area contributed by atoms with Crippen LogP contribution >= 0.6 is 11.8 Å². The van der Waals surface area contributed by atoms with E-state index in [-0.39, 0.29) is 0 Å². The molecular formula is C22H27N2O2S+. The molecule has 2 aliphatic heterocycles. The van der Waals surface area contributed by atoms with E-state index in [1.165, 1.54) is 16.8 Å². The summed E-state index contributed by atoms with van der Waals surface area (Å²) >= 11 is 1.84. The number of ether oxygens (including phenoxy) is 1. The third-order valence-corrected chi connectivity index (χ3v) is 6.52. The first kappa shape index (κ1) is 18.4. The molecule has 0 aliphatic carbocycles. The molecule has 0 unspecified atom stereocenters. The van der Waals surface area contributed by atoms with E-state index < -0.39 is 5.72 Å². The Bertz CT molecular complexity index is 878. The molecule has 1 N–H and O–H groups in total. The smallest absolute Gasteiger partial charge is 0.316 e. The normalized spacial score (nSPS) is 22.1. The Morgan fingerprint density at radius 1 is 1.19 bits per heavy atom. The molecular weight excluding hydrogens is 356 g/mol. The van der Waals surface area contributed by atoms with Gasteiger partial charge >= 0.3 is 5.17 Å². The molecule has 1 atom stereocenters. The molecule has 0 bridgehead atoms. The van der Waals surface area contributed by atoms with Gasteiger partial charge in [0.25, 0.3) is 5.72 Å². The topological polar surface area (TPSA) is 35.7 Å². The quantitative estimate of drug-likeness (QED) is 0.813. The molecule has 2 aliphatic rings. The highest BCUT2D eigenvalue weighted by atomic mass is 32.2. The number of anilines is 1. The number of rotatable bonds is 4. The minimum absolute atomic E-state index is 0.535. The third kappa shape index (κ3) is 3.23. The number of aryl methyl sites for hydroxylation is 2. The lowest BCUT2D eigenvalue weighted by molar-refractivity contribution is -0.656. The van der Waals surface area contributed by atoms with Gasteiger partial charge in [0, 0.05) is 11.3 Å². The van der Waals surface area contributed by atoms with Crippen molar-refractivity contribution in [2.24, 2.45) is 0 Å². The summed E-state index contributed by atoms with van der Waals surface area (Å²) in [7, 11) is 0. The van der Waals surface area contributed by atoms with Crippen LogP contribution in [0.4, 0.5) is 5.69 Å². The van der Waals surface area contributed by atoms with E-state index in [0.29, 0.717) is 13.2 Å². The van der Waals surface area contributed by atoms with Crippen LogP contribution in [0.5, 0.6) is 5.75 Å². The van der Waals surface area contributed by atoms with E-state index in [4.69, 9.17) is 4.74 Å². The first-order chi connectivity index (χ1) is 13.0. The van der Waals surface area contributed by atoms with Crippen LogP contribution in [0.25, 0.3) is 0 Å². The molecule has 2 heterocycles. The van der Waals surface area contributed by atoms with Crippen molar-refractivity contribution in [1.82, 2.24) is 0 Å². The number of aliphatic hydroxyl groups is 1. The molecule has 142 valence electrons. The summed E-state index contributed by atoms with van der Waals surface area (Å²) in [5.41, 5.74) is 3.55. The Kier molecular flexibility index (Phi) is 4.91. The molecule has 4 nitrogen and oxygen atoms in total. The summed E-state index contributed by atoms with van der Waals surface area (Å²) in [6.45, 7) is 8.29. The first-order valence-electron chi connectivity index (χ1n) is 9.61. The van der Waals surface area contributed by atoms with Gasteiger partial charge in [0.15, 0.2) is 6.54 Å². The minimum Gasteiger partial charge on any atom is -0.494 e. The van der Waals surface area contributed by atoms with Gasteiger partial charge in [-0.3, -0.25) is 0 Å². The molecule has 0 radical (unpaired) electrons. The zero-order valence-corrected chi connectivity index (χ0v) is 17.1. The number of nitrogens with zero attached hydrogens (tertiary/aromatic N) is 2. The van der Waals surface area contributed by atoms with Gasteiger partial charge < -0.3 is 9.84 Å². The number of thioether (sulfide) groups is 1. The van der Waals surface area contributed by atoms with Gasteiger partial charge in [0.1, 0.15) is 11.4 Å². The highest BCUT2D eigenvalue weighted by Crippen LogP contribution is 2.39. The molecule has 0 aromatic heterocycles. The number of β-amino-alcohol motifs (C(OH)–C–C–N with tert-alkyl or cyclic N) is 1. The number of hydrogen-bond acceptors (Lipinski definition) is 4. The van der Waals surface area contributed by atoms with Crippen LogP contribution in [-0.4, -0.2) is 40.3 Å². The Hall–Kier alpha value is -1.98. The fourth-order valence-corrected chi connectivity index (χ4v) is 5.10. The molecule has 2 aromatic rings. The Labute approximate surface area is 165 Å². The molecule has 0 saturated heterocycles. The lowest BCUT2D eigenvalue weighted by Crippen LogP contribution is -2.41. The second-order valence-corrected chi connectivity index (χ2v) is 8.35. The Morgan fingerprint density at radius 2 is 1.96 bits per heavy atom. The van der Waals surface area contributed by atoms with E-state index in [1.54, 1.807) is 0 Å². The van der Waals surface area contributed by atoms with Gasteiger partial charge in [-0.25, -0.2) is 9.48 Å². The lowest BCUT2D eigenvalue weighted by Gasteiger charge is -2.24. The summed E-state index contributed by atoms with van der Waals surface area (Å²) in [5.74, 6) is 1.93. The third-order valence-electron chi connectivity index (χ3n) is 5.33. The highest BCUT2D eigenvalue weighted by molar-refractivity contribution is 8.13. The van der Waals surface area contributed by atoms with E-state index in [9.17, 15) is 5.11 Å². The van der Waals surface area contributed by atoms with Crippen LogP contribution in [0.15, 0.2) is 42.5 Å². The first-order valence-corrected chi connectivity index (χ1v) is 10.6. The molecule has 5 heteroatoms. The summed E-state index contributed by atoms with van der Waals surface area (Å²) < 4.78 is 7.75. The predicted octanol–water partition coefficient (Wildman–Crippen LogP) is 3.87. The van der Waals surface area contributed by atoms with Crippen LogP contribution in [0.2, 0.25) is 0 Å². The molecule has 4 rings (SSSR count). The fourth-order valence-electron chi connectivity index (χ4n) is 3.93. The second-order valence-electron chi connectivity index (χ2n) is 7.29. The molecule has 27 heavy (non-hydrogen) atoms. The number of amidine groups is 1. The zero-order valence-electron chi connectivity index (χ0n) is 16.2. The molecule has 0 fully saturated rings. The van der Waals surface area contributed by atoms with Crippen LogP contribution in [0, 0.1) is 13.8 Å². The van der Waals surface area contributed by atoms with Crippen LogP contribution in [-0.2, 0) is 5.72 Å². The van der Waals surface area contributed by atoms with Gasteiger partial charge in [0.2, 0.25) is 0 Å². The predicted molar refractivity (Wildman–Crippen MR) is 112 cm³/mol. The lowest BCUT2D eigenvalue weighted by atomic mass is 10.0. The maximum absolute atomic E-state index is 11.8. The highest BCUT2D eigenvalue weighted by Gasteiger charge is 2.53. The van der Waals surface area contributed by atoms with Gasteiger partial charge in [-0.2, -0.15) is 0 Å². The van der Waals surface area contributed by atoms with Gasteiger partial charge in [-0.05, 0) is 80.4 Å². The van der Waals surface area contributed by atoms with Gasteiger partial charge in [-0.1, -0.05) is 12.1 Å².